The third kappa shape index (κ3) is 3.23. The van der Waals surface area contributed by atoms with E-state index in [2.05, 4.69) is 16.4 Å². The summed E-state index contributed by atoms with van der Waals surface area (Å²) in [5.74, 6) is 1.56. The van der Waals surface area contributed by atoms with Crippen molar-refractivity contribution in [3.63, 3.8) is 0 Å². The van der Waals surface area contributed by atoms with E-state index in [4.69, 9.17) is 10.00 Å². The highest BCUT2D eigenvalue weighted by Crippen LogP contribution is 2.18. The molecule has 0 fully saturated rings. The Kier molecular flexibility index (Phi) is 3.99. The molecule has 1 aromatic heterocycles. The molecular weight excluding hydrogens is 238 g/mol. The first-order valence-electron chi connectivity index (χ1n) is 5.96. The summed E-state index contributed by atoms with van der Waals surface area (Å²) < 4.78 is 5.17. The van der Waals surface area contributed by atoms with Gasteiger partial charge in [-0.15, -0.1) is 0 Å². The lowest BCUT2D eigenvalue weighted by molar-refractivity contribution is 0.414. The van der Waals surface area contributed by atoms with Crippen molar-refractivity contribution < 1.29 is 4.74 Å². The van der Waals surface area contributed by atoms with Crippen LogP contribution in [-0.4, -0.2) is 12.1 Å². The molecule has 2 rings (SSSR count). The first-order chi connectivity index (χ1) is 9.22. The fourth-order valence-corrected chi connectivity index (χ4v) is 1.78. The molecule has 2 aromatic rings. The molecule has 0 saturated carbocycles. The number of benzene rings is 1. The van der Waals surface area contributed by atoms with E-state index < -0.39 is 0 Å². The summed E-state index contributed by atoms with van der Waals surface area (Å²) in [6.45, 7) is 2.70. The predicted octanol–water partition coefficient (Wildman–Crippen LogP) is 2.88. The molecule has 1 N–H and O–H groups in total. The van der Waals surface area contributed by atoms with Gasteiger partial charge >= 0.3 is 0 Å². The molecule has 0 radical (unpaired) electrons. The molecule has 0 saturated heterocycles. The first kappa shape index (κ1) is 12.9. The minimum absolute atomic E-state index is 0.601. The molecule has 0 aliphatic carbocycles. The van der Waals surface area contributed by atoms with Crippen molar-refractivity contribution >= 4 is 5.82 Å². The third-order valence-corrected chi connectivity index (χ3v) is 2.90. The average Bonchev–Trinajstić information content (AvgIpc) is 2.46. The van der Waals surface area contributed by atoms with Crippen LogP contribution in [-0.2, 0) is 6.54 Å². The number of hydrogen-bond donors (Lipinski definition) is 1. The molecule has 0 aliphatic rings. The Morgan fingerprint density at radius 3 is 2.84 bits per heavy atom. The molecule has 0 aliphatic heterocycles. The maximum Gasteiger partial charge on any atom is 0.127 e. The number of anilines is 1. The molecular formula is C15H15N3O. The summed E-state index contributed by atoms with van der Waals surface area (Å²) in [7, 11) is 1.66. The monoisotopic (exact) mass is 253 g/mol. The van der Waals surface area contributed by atoms with Crippen molar-refractivity contribution in [3.8, 4) is 11.8 Å². The fraction of sp³-hybridized carbons (Fsp3) is 0.200. The minimum atomic E-state index is 0.601. The Bertz CT molecular complexity index is 617. The van der Waals surface area contributed by atoms with E-state index in [0.717, 1.165) is 11.3 Å². The van der Waals surface area contributed by atoms with Crippen molar-refractivity contribution in [3.05, 3.63) is 53.2 Å². The highest BCUT2D eigenvalue weighted by molar-refractivity contribution is 5.44. The van der Waals surface area contributed by atoms with Crippen LogP contribution in [0.25, 0.3) is 0 Å². The molecule has 0 atom stereocenters. The van der Waals surface area contributed by atoms with E-state index in [1.54, 1.807) is 25.4 Å². The summed E-state index contributed by atoms with van der Waals surface area (Å²) in [6, 6.07) is 11.5. The summed E-state index contributed by atoms with van der Waals surface area (Å²) in [4.78, 5) is 4.18. The quantitative estimate of drug-likeness (QED) is 0.910. The number of pyridine rings is 1. The largest absolute Gasteiger partial charge is 0.497 e. The van der Waals surface area contributed by atoms with Crippen molar-refractivity contribution in [1.82, 2.24) is 4.98 Å². The van der Waals surface area contributed by atoms with Crippen LogP contribution in [0.15, 0.2) is 36.5 Å². The van der Waals surface area contributed by atoms with E-state index in [9.17, 15) is 0 Å². The Morgan fingerprint density at radius 1 is 1.32 bits per heavy atom. The second-order valence-corrected chi connectivity index (χ2v) is 4.19. The SMILES string of the molecule is COc1ccc(CNc2cc(C#N)ccn2)c(C)c1. The van der Waals surface area contributed by atoms with E-state index in [-0.39, 0.29) is 0 Å². The van der Waals surface area contributed by atoms with Gasteiger partial charge in [-0.25, -0.2) is 4.98 Å². The zero-order valence-electron chi connectivity index (χ0n) is 11.0. The highest BCUT2D eigenvalue weighted by atomic mass is 16.5. The van der Waals surface area contributed by atoms with Gasteiger partial charge in [0, 0.05) is 12.7 Å². The smallest absolute Gasteiger partial charge is 0.127 e. The van der Waals surface area contributed by atoms with Gasteiger partial charge in [0.2, 0.25) is 0 Å². The number of nitrogens with zero attached hydrogens (tertiary/aromatic N) is 2. The van der Waals surface area contributed by atoms with E-state index in [0.29, 0.717) is 17.9 Å². The minimum Gasteiger partial charge on any atom is -0.497 e. The summed E-state index contributed by atoms with van der Waals surface area (Å²) in [5.41, 5.74) is 2.93. The van der Waals surface area contributed by atoms with E-state index >= 15 is 0 Å². The Balaban J connectivity index is 2.08. The van der Waals surface area contributed by atoms with Gasteiger partial charge in [-0.1, -0.05) is 6.07 Å². The first-order valence-corrected chi connectivity index (χ1v) is 5.96. The number of methoxy groups -OCH3 is 1. The summed E-state index contributed by atoms with van der Waals surface area (Å²) in [6.07, 6.45) is 1.63. The van der Waals surface area contributed by atoms with Gasteiger partial charge in [-0.2, -0.15) is 5.26 Å². The van der Waals surface area contributed by atoms with Crippen molar-refractivity contribution in [2.24, 2.45) is 0 Å². The fourth-order valence-electron chi connectivity index (χ4n) is 1.78. The molecule has 1 aromatic carbocycles. The van der Waals surface area contributed by atoms with Crippen LogP contribution in [0.1, 0.15) is 16.7 Å². The second-order valence-electron chi connectivity index (χ2n) is 4.19. The normalized spacial score (nSPS) is 9.74. The molecule has 0 amide bonds. The third-order valence-electron chi connectivity index (χ3n) is 2.90. The van der Waals surface area contributed by atoms with Crippen LogP contribution in [0.5, 0.6) is 5.75 Å². The Morgan fingerprint density at radius 2 is 2.16 bits per heavy atom. The predicted molar refractivity (Wildman–Crippen MR) is 74.0 cm³/mol. The lowest BCUT2D eigenvalue weighted by atomic mass is 10.1. The van der Waals surface area contributed by atoms with Crippen LogP contribution in [0.3, 0.4) is 0 Å². The molecule has 0 bridgehead atoms. The molecule has 96 valence electrons. The molecule has 4 nitrogen and oxygen atoms in total. The Labute approximate surface area is 112 Å². The second kappa shape index (κ2) is 5.87. The van der Waals surface area contributed by atoms with Crippen LogP contribution < -0.4 is 10.1 Å². The summed E-state index contributed by atoms with van der Waals surface area (Å²) >= 11 is 0. The average molecular weight is 253 g/mol. The van der Waals surface area contributed by atoms with Gasteiger partial charge in [0.1, 0.15) is 11.6 Å². The lowest BCUT2D eigenvalue weighted by Gasteiger charge is -2.10. The molecule has 19 heavy (non-hydrogen) atoms. The van der Waals surface area contributed by atoms with Crippen LogP contribution in [0.4, 0.5) is 5.82 Å². The van der Waals surface area contributed by atoms with Crippen LogP contribution in [0.2, 0.25) is 0 Å². The molecule has 4 heteroatoms. The van der Waals surface area contributed by atoms with Gasteiger partial charge in [-0.05, 0) is 42.3 Å². The number of rotatable bonds is 4. The maximum absolute atomic E-state index is 8.83. The topological polar surface area (TPSA) is 57.9 Å². The maximum atomic E-state index is 8.83. The number of aryl methyl sites for hydroxylation is 1. The van der Waals surface area contributed by atoms with Crippen molar-refractivity contribution in [1.29, 1.82) is 5.26 Å². The number of nitriles is 1. The van der Waals surface area contributed by atoms with Gasteiger partial charge in [0.25, 0.3) is 0 Å². The number of aromatic nitrogens is 1. The molecule has 0 unspecified atom stereocenters. The summed E-state index contributed by atoms with van der Waals surface area (Å²) in [5, 5.41) is 12.0. The zero-order chi connectivity index (χ0) is 13.7. The lowest BCUT2D eigenvalue weighted by Crippen LogP contribution is -2.03. The molecule has 1 heterocycles. The van der Waals surface area contributed by atoms with Gasteiger partial charge < -0.3 is 10.1 Å². The number of hydrogen-bond acceptors (Lipinski definition) is 4. The van der Waals surface area contributed by atoms with Crippen molar-refractivity contribution in [2.45, 2.75) is 13.5 Å². The Hall–Kier alpha value is -2.54. The number of ether oxygens (including phenoxy) is 1. The highest BCUT2D eigenvalue weighted by Gasteiger charge is 2.01. The van der Waals surface area contributed by atoms with E-state index in [1.165, 1.54) is 5.56 Å². The van der Waals surface area contributed by atoms with Gasteiger partial charge in [-0.3, -0.25) is 0 Å². The van der Waals surface area contributed by atoms with E-state index in [1.807, 2.05) is 25.1 Å². The van der Waals surface area contributed by atoms with Crippen LogP contribution >= 0.6 is 0 Å². The van der Waals surface area contributed by atoms with Gasteiger partial charge in [0.05, 0.1) is 18.7 Å². The zero-order valence-corrected chi connectivity index (χ0v) is 11.0. The van der Waals surface area contributed by atoms with Gasteiger partial charge in [0.15, 0.2) is 0 Å². The molecule has 0 spiro atoms. The number of nitrogens with one attached hydrogen (secondary N) is 1. The van der Waals surface area contributed by atoms with Crippen LogP contribution in [0, 0.1) is 18.3 Å². The standard InChI is InChI=1S/C15H15N3O/c1-11-7-14(19-2)4-3-13(11)10-18-15-8-12(9-16)5-6-17-15/h3-8H,10H2,1-2H3,(H,17,18). The van der Waals surface area contributed by atoms with Crippen molar-refractivity contribution in [2.75, 3.05) is 12.4 Å².